The zero-order valence-electron chi connectivity index (χ0n) is 14.4. The minimum absolute atomic E-state index is 0.0486. The van der Waals surface area contributed by atoms with Gasteiger partial charge in [-0.05, 0) is 23.8 Å². The number of nitro groups is 1. The van der Waals surface area contributed by atoms with Gasteiger partial charge in [-0.1, -0.05) is 28.7 Å². The van der Waals surface area contributed by atoms with Crippen LogP contribution in [0.1, 0.15) is 15.2 Å². The van der Waals surface area contributed by atoms with Crippen molar-refractivity contribution >= 4 is 48.9 Å². The molecule has 29 heavy (non-hydrogen) atoms. The van der Waals surface area contributed by atoms with Gasteiger partial charge in [0.05, 0.1) is 21.0 Å². The molecular weight excluding hydrogens is 422 g/mol. The Morgan fingerprint density at radius 2 is 2.03 bits per heavy atom. The lowest BCUT2D eigenvalue weighted by atomic mass is 10.2. The van der Waals surface area contributed by atoms with Crippen molar-refractivity contribution in [3.05, 3.63) is 81.0 Å². The first-order chi connectivity index (χ1) is 13.9. The summed E-state index contributed by atoms with van der Waals surface area (Å²) in [6, 6.07) is 7.91. The van der Waals surface area contributed by atoms with Crippen LogP contribution in [-0.4, -0.2) is 20.8 Å². The van der Waals surface area contributed by atoms with E-state index in [0.717, 1.165) is 34.8 Å². The van der Waals surface area contributed by atoms with Crippen molar-refractivity contribution in [2.45, 2.75) is 6.54 Å². The molecule has 0 fully saturated rings. The molecule has 3 aromatic heterocycles. The number of thiazole rings is 1. The van der Waals surface area contributed by atoms with E-state index in [1.165, 1.54) is 17.0 Å². The summed E-state index contributed by atoms with van der Waals surface area (Å²) in [5.74, 6) is -2.11. The normalized spacial score (nSPS) is 11.0. The third-order valence-electron chi connectivity index (χ3n) is 3.92. The van der Waals surface area contributed by atoms with Crippen molar-refractivity contribution in [2.24, 2.45) is 0 Å². The van der Waals surface area contributed by atoms with Crippen LogP contribution >= 0.6 is 22.7 Å². The molecule has 3 heterocycles. The van der Waals surface area contributed by atoms with E-state index >= 15 is 0 Å². The molecule has 0 atom stereocenters. The highest BCUT2D eigenvalue weighted by molar-refractivity contribution is 7.22. The quantitative estimate of drug-likeness (QED) is 0.334. The van der Waals surface area contributed by atoms with Crippen LogP contribution in [0.4, 0.5) is 18.9 Å². The summed E-state index contributed by atoms with van der Waals surface area (Å²) in [6.45, 7) is 0.0578. The van der Waals surface area contributed by atoms with E-state index in [1.54, 1.807) is 24.5 Å². The van der Waals surface area contributed by atoms with Gasteiger partial charge >= 0.3 is 5.00 Å². The van der Waals surface area contributed by atoms with Crippen molar-refractivity contribution in [3.63, 3.8) is 0 Å². The van der Waals surface area contributed by atoms with E-state index in [-0.39, 0.29) is 31.8 Å². The molecule has 0 saturated carbocycles. The highest BCUT2D eigenvalue weighted by atomic mass is 32.1. The Bertz CT molecular complexity index is 1230. The summed E-state index contributed by atoms with van der Waals surface area (Å²) in [4.78, 5) is 33.1. The zero-order valence-corrected chi connectivity index (χ0v) is 16.0. The average Bonchev–Trinajstić information content (AvgIpc) is 3.34. The van der Waals surface area contributed by atoms with Gasteiger partial charge in [-0.25, -0.2) is 13.8 Å². The molecule has 1 aromatic carbocycles. The number of rotatable bonds is 5. The van der Waals surface area contributed by atoms with Crippen LogP contribution in [0.5, 0.6) is 0 Å². The fourth-order valence-corrected chi connectivity index (χ4v) is 4.41. The number of nitrogens with zero attached hydrogens (tertiary/aromatic N) is 4. The van der Waals surface area contributed by atoms with Gasteiger partial charge < -0.3 is 0 Å². The van der Waals surface area contributed by atoms with E-state index in [2.05, 4.69) is 9.97 Å². The molecule has 0 saturated heterocycles. The van der Waals surface area contributed by atoms with Crippen molar-refractivity contribution in [1.82, 2.24) is 9.97 Å². The molecule has 4 aromatic rings. The Kier molecular flexibility index (Phi) is 4.99. The second-order valence-corrected chi connectivity index (χ2v) is 7.95. The minimum Gasteiger partial charge on any atom is -0.279 e. The maximum atomic E-state index is 14.1. The van der Waals surface area contributed by atoms with Crippen LogP contribution in [0.3, 0.4) is 0 Å². The van der Waals surface area contributed by atoms with Crippen molar-refractivity contribution in [2.75, 3.05) is 4.90 Å². The van der Waals surface area contributed by atoms with Gasteiger partial charge in [0, 0.05) is 24.5 Å². The van der Waals surface area contributed by atoms with Crippen LogP contribution in [-0.2, 0) is 6.54 Å². The van der Waals surface area contributed by atoms with E-state index in [0.29, 0.717) is 5.56 Å². The number of aromatic nitrogens is 2. The lowest BCUT2D eigenvalue weighted by Gasteiger charge is -2.19. The van der Waals surface area contributed by atoms with E-state index in [1.807, 2.05) is 0 Å². The molecule has 0 radical (unpaired) electrons. The second-order valence-electron chi connectivity index (χ2n) is 5.88. The number of carbonyl (C=O) groups is 1. The van der Waals surface area contributed by atoms with Crippen LogP contribution in [0.2, 0.25) is 0 Å². The number of hydrogen-bond acceptors (Lipinski definition) is 7. The fourth-order valence-electron chi connectivity index (χ4n) is 2.64. The van der Waals surface area contributed by atoms with Crippen LogP contribution in [0.15, 0.2) is 48.8 Å². The molecule has 0 aliphatic rings. The van der Waals surface area contributed by atoms with Gasteiger partial charge in [0.1, 0.15) is 11.3 Å². The molecule has 0 aliphatic carbocycles. The number of thiophene rings is 1. The fraction of sp³-hybridized carbons (Fsp3) is 0.0556. The van der Waals surface area contributed by atoms with E-state index < -0.39 is 22.5 Å². The van der Waals surface area contributed by atoms with Gasteiger partial charge in [0.2, 0.25) is 0 Å². The first-order valence-corrected chi connectivity index (χ1v) is 9.76. The predicted octanol–water partition coefficient (Wildman–Crippen LogP) is 4.79. The molecule has 0 N–H and O–H groups in total. The Morgan fingerprint density at radius 1 is 1.21 bits per heavy atom. The predicted molar refractivity (Wildman–Crippen MR) is 105 cm³/mol. The summed E-state index contributed by atoms with van der Waals surface area (Å²) in [7, 11) is 0. The van der Waals surface area contributed by atoms with Gasteiger partial charge in [-0.2, -0.15) is 0 Å². The van der Waals surface area contributed by atoms with Crippen molar-refractivity contribution in [1.29, 1.82) is 0 Å². The Morgan fingerprint density at radius 3 is 2.72 bits per heavy atom. The average molecular weight is 432 g/mol. The first kappa shape index (κ1) is 19.0. The summed E-state index contributed by atoms with van der Waals surface area (Å²) in [6.07, 6.45) is 3.14. The van der Waals surface area contributed by atoms with Crippen LogP contribution in [0, 0.1) is 21.7 Å². The highest BCUT2D eigenvalue weighted by Gasteiger charge is 2.26. The summed E-state index contributed by atoms with van der Waals surface area (Å²) in [5, 5.41) is 10.9. The molecule has 0 spiro atoms. The van der Waals surface area contributed by atoms with Gasteiger partial charge in [0.25, 0.3) is 5.91 Å². The number of halogens is 2. The van der Waals surface area contributed by atoms with Gasteiger partial charge in [0.15, 0.2) is 10.9 Å². The number of amides is 1. The van der Waals surface area contributed by atoms with Crippen LogP contribution < -0.4 is 4.90 Å². The molecule has 11 heteroatoms. The summed E-state index contributed by atoms with van der Waals surface area (Å²) in [5.41, 5.74) is 0.630. The van der Waals surface area contributed by atoms with Crippen molar-refractivity contribution in [3.8, 4) is 0 Å². The first-order valence-electron chi connectivity index (χ1n) is 8.13. The molecule has 1 amide bonds. The zero-order chi connectivity index (χ0) is 20.5. The third-order valence-corrected chi connectivity index (χ3v) is 5.97. The maximum Gasteiger partial charge on any atom is 0.324 e. The number of carbonyl (C=O) groups excluding carboxylic acids is 1. The second kappa shape index (κ2) is 7.60. The minimum atomic E-state index is -0.831. The van der Waals surface area contributed by atoms with E-state index in [9.17, 15) is 23.7 Å². The van der Waals surface area contributed by atoms with Crippen molar-refractivity contribution < 1.29 is 18.5 Å². The van der Waals surface area contributed by atoms with Gasteiger partial charge in [-0.15, -0.1) is 0 Å². The monoisotopic (exact) mass is 432 g/mol. The number of benzene rings is 1. The topological polar surface area (TPSA) is 89.2 Å². The smallest absolute Gasteiger partial charge is 0.279 e. The SMILES string of the molecule is O=C(c1ccc([N+](=O)[O-])s1)N(Cc1cccnc1)c1nc2c(F)cc(F)cc2s1. The molecule has 0 bridgehead atoms. The lowest BCUT2D eigenvalue weighted by Crippen LogP contribution is -2.29. The molecule has 7 nitrogen and oxygen atoms in total. The molecular formula is C18H10F2N4O3S2. The number of hydrogen-bond donors (Lipinski definition) is 0. The lowest BCUT2D eigenvalue weighted by molar-refractivity contribution is -0.380. The number of pyridine rings is 1. The highest BCUT2D eigenvalue weighted by Crippen LogP contribution is 2.34. The maximum absolute atomic E-state index is 14.1. The third kappa shape index (κ3) is 3.82. The molecule has 0 aliphatic heterocycles. The molecule has 4 rings (SSSR count). The molecule has 0 unspecified atom stereocenters. The Balaban J connectivity index is 1.78. The molecule has 146 valence electrons. The summed E-state index contributed by atoms with van der Waals surface area (Å²) >= 11 is 1.69. The van der Waals surface area contributed by atoms with E-state index in [4.69, 9.17) is 0 Å². The Hall–Kier alpha value is -3.31. The van der Waals surface area contributed by atoms with Crippen LogP contribution in [0.25, 0.3) is 10.2 Å². The number of fused-ring (bicyclic) bond motifs is 1. The largest absolute Gasteiger partial charge is 0.324 e. The summed E-state index contributed by atoms with van der Waals surface area (Å²) < 4.78 is 27.9. The number of anilines is 1. The standard InChI is InChI=1S/C18H10F2N4O3S2/c19-11-6-12(20)16-14(7-11)29-18(22-16)23(9-10-2-1-5-21-8-10)17(25)13-3-4-15(28-13)24(26)27/h1-8H,9H2. The Labute approximate surface area is 170 Å². The van der Waals surface area contributed by atoms with Gasteiger partial charge in [-0.3, -0.25) is 24.8 Å².